The predicted octanol–water partition coefficient (Wildman–Crippen LogP) is 1.79. The number of nitrogens with zero attached hydrogens (tertiary/aromatic N) is 2. The van der Waals surface area contributed by atoms with Crippen LogP contribution in [0.15, 0.2) is 28.0 Å². The molecule has 0 bridgehead atoms. The molecule has 0 aliphatic rings. The predicted molar refractivity (Wildman–Crippen MR) is 83.6 cm³/mol. The minimum absolute atomic E-state index is 0.170. The summed E-state index contributed by atoms with van der Waals surface area (Å²) >= 11 is 1.55. The molecule has 0 aliphatic heterocycles. The van der Waals surface area contributed by atoms with E-state index in [4.69, 9.17) is 0 Å². The molecule has 2 heterocycles. The second-order valence-corrected chi connectivity index (χ2v) is 7.56. The summed E-state index contributed by atoms with van der Waals surface area (Å²) < 4.78 is 26.5. The van der Waals surface area contributed by atoms with Crippen LogP contribution < -0.4 is 5.32 Å². The molecule has 6 nitrogen and oxygen atoms in total. The number of aromatic nitrogens is 2. The molecule has 0 aliphatic carbocycles. The molecule has 116 valence electrons. The second kappa shape index (κ2) is 7.17. The van der Waals surface area contributed by atoms with Crippen molar-refractivity contribution in [3.63, 3.8) is 0 Å². The van der Waals surface area contributed by atoms with E-state index in [1.54, 1.807) is 24.6 Å². The van der Waals surface area contributed by atoms with Gasteiger partial charge in [-0.25, -0.2) is 8.42 Å². The van der Waals surface area contributed by atoms with Gasteiger partial charge in [-0.3, -0.25) is 5.10 Å². The van der Waals surface area contributed by atoms with Crippen molar-refractivity contribution >= 4 is 21.4 Å². The Kier molecular flexibility index (Phi) is 5.51. The van der Waals surface area contributed by atoms with Gasteiger partial charge in [-0.2, -0.15) is 20.7 Å². The minimum atomic E-state index is -3.56. The van der Waals surface area contributed by atoms with E-state index in [-0.39, 0.29) is 5.03 Å². The lowest BCUT2D eigenvalue weighted by molar-refractivity contribution is 0.462. The Bertz CT molecular complexity index is 650. The maximum absolute atomic E-state index is 12.6. The molecule has 21 heavy (non-hydrogen) atoms. The first-order chi connectivity index (χ1) is 10.1. The van der Waals surface area contributed by atoms with E-state index in [0.717, 1.165) is 18.5 Å². The van der Waals surface area contributed by atoms with E-state index < -0.39 is 10.0 Å². The third kappa shape index (κ3) is 3.91. The van der Waals surface area contributed by atoms with E-state index in [1.807, 2.05) is 16.8 Å². The fourth-order valence-corrected chi connectivity index (χ4v) is 3.84. The molecule has 0 saturated carbocycles. The van der Waals surface area contributed by atoms with Crippen molar-refractivity contribution in [1.29, 1.82) is 0 Å². The first-order valence-electron chi connectivity index (χ1n) is 6.76. The first-order valence-corrected chi connectivity index (χ1v) is 9.14. The standard InChI is InChI=1S/C13H20N4O2S2/c1-3-5-14-7-12-8-15-16-13(12)21(18,19)17(2)9-11-4-6-20-10-11/h4,6,8,10,14H,3,5,7,9H2,1-2H3,(H,15,16). The molecule has 0 saturated heterocycles. The lowest BCUT2D eigenvalue weighted by atomic mass is 10.3. The van der Waals surface area contributed by atoms with Gasteiger partial charge in [-0.05, 0) is 35.4 Å². The van der Waals surface area contributed by atoms with Gasteiger partial charge in [0, 0.05) is 25.7 Å². The van der Waals surface area contributed by atoms with E-state index in [0.29, 0.717) is 18.7 Å². The van der Waals surface area contributed by atoms with Crippen LogP contribution in [-0.2, 0) is 23.1 Å². The monoisotopic (exact) mass is 328 g/mol. The number of hydrogen-bond donors (Lipinski definition) is 2. The van der Waals surface area contributed by atoms with Gasteiger partial charge in [0.1, 0.15) is 0 Å². The van der Waals surface area contributed by atoms with E-state index in [1.165, 1.54) is 4.31 Å². The van der Waals surface area contributed by atoms with Gasteiger partial charge in [0.2, 0.25) is 0 Å². The second-order valence-electron chi connectivity index (χ2n) is 4.79. The van der Waals surface area contributed by atoms with Crippen LogP contribution in [-0.4, -0.2) is 36.5 Å². The summed E-state index contributed by atoms with van der Waals surface area (Å²) in [6.07, 6.45) is 2.56. The molecule has 0 fully saturated rings. The maximum atomic E-state index is 12.6. The number of aromatic amines is 1. The Morgan fingerprint density at radius 1 is 1.48 bits per heavy atom. The molecule has 8 heteroatoms. The molecule has 0 spiro atoms. The van der Waals surface area contributed by atoms with Gasteiger partial charge >= 0.3 is 0 Å². The molecular weight excluding hydrogens is 308 g/mol. The summed E-state index contributed by atoms with van der Waals surface area (Å²) in [5.74, 6) is 0. The number of thiophene rings is 1. The Morgan fingerprint density at radius 2 is 2.29 bits per heavy atom. The molecule has 2 aromatic rings. The highest BCUT2D eigenvalue weighted by molar-refractivity contribution is 7.89. The van der Waals surface area contributed by atoms with Crippen LogP contribution in [0.3, 0.4) is 0 Å². The normalized spacial score (nSPS) is 12.1. The lowest BCUT2D eigenvalue weighted by Gasteiger charge is -2.16. The zero-order valence-electron chi connectivity index (χ0n) is 12.2. The van der Waals surface area contributed by atoms with Gasteiger partial charge in [-0.1, -0.05) is 6.92 Å². The van der Waals surface area contributed by atoms with E-state index in [2.05, 4.69) is 22.4 Å². The third-order valence-electron chi connectivity index (χ3n) is 3.07. The highest BCUT2D eigenvalue weighted by Crippen LogP contribution is 2.19. The van der Waals surface area contributed by atoms with Crippen molar-refractivity contribution in [3.8, 4) is 0 Å². The molecule has 0 amide bonds. The average molecular weight is 328 g/mol. The lowest BCUT2D eigenvalue weighted by Crippen LogP contribution is -2.28. The topological polar surface area (TPSA) is 78.1 Å². The summed E-state index contributed by atoms with van der Waals surface area (Å²) in [6.45, 7) is 3.75. The van der Waals surface area contributed by atoms with Crippen LogP contribution in [0.25, 0.3) is 0 Å². The summed E-state index contributed by atoms with van der Waals surface area (Å²) in [6, 6.07) is 1.92. The zero-order chi connectivity index (χ0) is 15.3. The highest BCUT2D eigenvalue weighted by Gasteiger charge is 2.25. The van der Waals surface area contributed by atoms with Crippen molar-refractivity contribution < 1.29 is 8.42 Å². The SMILES string of the molecule is CCCNCc1cn[nH]c1S(=O)(=O)N(C)Cc1ccsc1. The number of nitrogens with one attached hydrogen (secondary N) is 2. The van der Waals surface area contributed by atoms with E-state index >= 15 is 0 Å². The van der Waals surface area contributed by atoms with Gasteiger partial charge in [-0.15, -0.1) is 0 Å². The summed E-state index contributed by atoms with van der Waals surface area (Å²) in [4.78, 5) is 0. The smallest absolute Gasteiger partial charge is 0.260 e. The fraction of sp³-hybridized carbons (Fsp3) is 0.462. The van der Waals surface area contributed by atoms with Crippen molar-refractivity contribution in [1.82, 2.24) is 19.8 Å². The zero-order valence-corrected chi connectivity index (χ0v) is 13.8. The summed E-state index contributed by atoms with van der Waals surface area (Å²) in [7, 11) is -1.98. The van der Waals surface area contributed by atoms with Crippen molar-refractivity contribution in [2.75, 3.05) is 13.6 Å². The quantitative estimate of drug-likeness (QED) is 0.724. The number of sulfonamides is 1. The van der Waals surface area contributed by atoms with Crippen LogP contribution in [0.4, 0.5) is 0 Å². The van der Waals surface area contributed by atoms with Crippen LogP contribution >= 0.6 is 11.3 Å². The van der Waals surface area contributed by atoms with E-state index in [9.17, 15) is 8.42 Å². The molecule has 0 aromatic carbocycles. The fourth-order valence-electron chi connectivity index (χ4n) is 1.93. The molecule has 2 rings (SSSR count). The summed E-state index contributed by atoms with van der Waals surface area (Å²) in [5.41, 5.74) is 1.65. The molecule has 0 atom stereocenters. The molecule has 2 aromatic heterocycles. The van der Waals surface area contributed by atoms with Crippen LogP contribution in [0.5, 0.6) is 0 Å². The average Bonchev–Trinajstić information content (AvgIpc) is 3.10. The van der Waals surface area contributed by atoms with Crippen molar-refractivity contribution in [3.05, 3.63) is 34.2 Å². The van der Waals surface area contributed by atoms with Gasteiger partial charge < -0.3 is 5.32 Å². The minimum Gasteiger partial charge on any atom is -0.313 e. The van der Waals surface area contributed by atoms with Crippen LogP contribution in [0.2, 0.25) is 0 Å². The Balaban J connectivity index is 2.13. The molecular formula is C13H20N4O2S2. The number of rotatable bonds is 8. The first kappa shape index (κ1) is 16.2. The van der Waals surface area contributed by atoms with Gasteiger partial charge in [0.05, 0.1) is 6.20 Å². The largest absolute Gasteiger partial charge is 0.313 e. The highest BCUT2D eigenvalue weighted by atomic mass is 32.2. The Labute approximate surface area is 129 Å². The molecule has 2 N–H and O–H groups in total. The Hall–Kier alpha value is -1.22. The summed E-state index contributed by atoms with van der Waals surface area (Å²) in [5, 5.41) is 13.7. The third-order valence-corrected chi connectivity index (χ3v) is 5.63. The molecule has 0 radical (unpaired) electrons. The number of H-pyrrole nitrogens is 1. The maximum Gasteiger partial charge on any atom is 0.260 e. The van der Waals surface area contributed by atoms with Crippen molar-refractivity contribution in [2.24, 2.45) is 0 Å². The number of hydrogen-bond acceptors (Lipinski definition) is 5. The Morgan fingerprint density at radius 3 is 2.95 bits per heavy atom. The van der Waals surface area contributed by atoms with Crippen LogP contribution in [0, 0.1) is 0 Å². The van der Waals surface area contributed by atoms with Gasteiger partial charge in [0.25, 0.3) is 10.0 Å². The molecule has 0 unspecified atom stereocenters. The van der Waals surface area contributed by atoms with Gasteiger partial charge in [0.15, 0.2) is 5.03 Å². The van der Waals surface area contributed by atoms with Crippen molar-refractivity contribution in [2.45, 2.75) is 31.5 Å². The van der Waals surface area contributed by atoms with Crippen LogP contribution in [0.1, 0.15) is 24.5 Å².